The summed E-state index contributed by atoms with van der Waals surface area (Å²) in [7, 11) is 1.60. The van der Waals surface area contributed by atoms with Gasteiger partial charge in [-0.05, 0) is 24.3 Å². The number of hydrogen-bond donors (Lipinski definition) is 3. The second-order valence-corrected chi connectivity index (χ2v) is 2.71. The molecule has 15 heavy (non-hydrogen) atoms. The predicted molar refractivity (Wildman–Crippen MR) is 62.1 cm³/mol. The van der Waals surface area contributed by atoms with Crippen LogP contribution in [0.15, 0.2) is 34.3 Å². The van der Waals surface area contributed by atoms with E-state index < -0.39 is 0 Å². The summed E-state index contributed by atoms with van der Waals surface area (Å²) < 4.78 is 0. The van der Waals surface area contributed by atoms with Gasteiger partial charge in [-0.15, -0.1) is 0 Å². The molecule has 0 heterocycles. The van der Waals surface area contributed by atoms with Gasteiger partial charge in [0, 0.05) is 13.3 Å². The van der Waals surface area contributed by atoms with Gasteiger partial charge in [-0.25, -0.2) is 0 Å². The summed E-state index contributed by atoms with van der Waals surface area (Å²) in [5.74, 6) is 0. The fraction of sp³-hybridized carbons (Fsp3) is 0.100. The third-order valence-electron chi connectivity index (χ3n) is 1.75. The van der Waals surface area contributed by atoms with Crippen LogP contribution in [0.1, 0.15) is 0 Å². The van der Waals surface area contributed by atoms with Gasteiger partial charge in [0.15, 0.2) is 0 Å². The van der Waals surface area contributed by atoms with E-state index in [9.17, 15) is 0 Å². The number of nitrogens with zero attached hydrogens (tertiary/aromatic N) is 2. The molecule has 1 aromatic carbocycles. The van der Waals surface area contributed by atoms with Crippen molar-refractivity contribution in [2.75, 3.05) is 12.5 Å². The number of benzene rings is 1. The van der Waals surface area contributed by atoms with E-state index in [1.54, 1.807) is 31.3 Å². The van der Waals surface area contributed by atoms with E-state index in [2.05, 4.69) is 9.98 Å². The maximum atomic E-state index is 8.59. The second-order valence-electron chi connectivity index (χ2n) is 2.71. The van der Waals surface area contributed by atoms with Crippen molar-refractivity contribution in [3.05, 3.63) is 24.3 Å². The van der Waals surface area contributed by atoms with Crippen molar-refractivity contribution in [2.45, 2.75) is 0 Å². The van der Waals surface area contributed by atoms with Crippen molar-refractivity contribution < 1.29 is 5.21 Å². The Bertz CT molecular complexity index is 381. The average molecular weight is 204 g/mol. The Balaban J connectivity index is 2.76. The SMILES string of the molecule is CN=C(C=N)C=Nc1ccc(NO)cc1. The first-order valence-electron chi connectivity index (χ1n) is 4.31. The van der Waals surface area contributed by atoms with E-state index in [0.29, 0.717) is 11.4 Å². The Morgan fingerprint density at radius 2 is 2.07 bits per heavy atom. The van der Waals surface area contributed by atoms with E-state index in [4.69, 9.17) is 10.6 Å². The van der Waals surface area contributed by atoms with Crippen LogP contribution < -0.4 is 5.48 Å². The smallest absolute Gasteiger partial charge is 0.0929 e. The highest BCUT2D eigenvalue weighted by Crippen LogP contribution is 2.14. The van der Waals surface area contributed by atoms with Gasteiger partial charge in [0.2, 0.25) is 0 Å². The minimum absolute atomic E-state index is 0.499. The van der Waals surface area contributed by atoms with Crippen molar-refractivity contribution in [1.82, 2.24) is 0 Å². The van der Waals surface area contributed by atoms with Gasteiger partial charge in [0.1, 0.15) is 0 Å². The molecule has 1 aromatic rings. The highest BCUT2D eigenvalue weighted by Gasteiger charge is 1.91. The van der Waals surface area contributed by atoms with E-state index in [1.807, 2.05) is 5.48 Å². The first kappa shape index (κ1) is 11.1. The van der Waals surface area contributed by atoms with Gasteiger partial charge in [0.05, 0.1) is 23.3 Å². The van der Waals surface area contributed by atoms with Crippen LogP contribution >= 0.6 is 0 Å². The Hall–Kier alpha value is -2.01. The van der Waals surface area contributed by atoms with Crippen LogP contribution in [-0.4, -0.2) is 30.4 Å². The average Bonchev–Trinajstić information content (AvgIpc) is 2.31. The summed E-state index contributed by atoms with van der Waals surface area (Å²) in [5, 5.41) is 15.6. The number of anilines is 1. The molecule has 0 spiro atoms. The summed E-state index contributed by atoms with van der Waals surface area (Å²) in [6.45, 7) is 0. The van der Waals surface area contributed by atoms with Gasteiger partial charge in [-0.2, -0.15) is 0 Å². The molecule has 5 nitrogen and oxygen atoms in total. The van der Waals surface area contributed by atoms with Crippen molar-refractivity contribution in [2.24, 2.45) is 9.98 Å². The van der Waals surface area contributed by atoms with Crippen molar-refractivity contribution >= 4 is 29.5 Å². The van der Waals surface area contributed by atoms with Gasteiger partial charge in [-0.3, -0.25) is 20.7 Å². The molecule has 0 radical (unpaired) electrons. The Morgan fingerprint density at radius 1 is 1.40 bits per heavy atom. The molecule has 0 aliphatic heterocycles. The second kappa shape index (κ2) is 5.66. The fourth-order valence-electron chi connectivity index (χ4n) is 0.922. The molecule has 0 atom stereocenters. The molecular weight excluding hydrogens is 192 g/mol. The highest BCUT2D eigenvalue weighted by atomic mass is 16.5. The molecule has 0 aromatic heterocycles. The van der Waals surface area contributed by atoms with Gasteiger partial charge in [0.25, 0.3) is 0 Å². The third-order valence-corrected chi connectivity index (χ3v) is 1.75. The van der Waals surface area contributed by atoms with Crippen molar-refractivity contribution in [3.8, 4) is 0 Å². The molecule has 0 saturated heterocycles. The molecule has 0 amide bonds. The van der Waals surface area contributed by atoms with Crippen LogP contribution in [0.3, 0.4) is 0 Å². The summed E-state index contributed by atoms with van der Waals surface area (Å²) in [5.41, 5.74) is 3.86. The molecule has 0 saturated carbocycles. The third kappa shape index (κ3) is 3.32. The first-order chi connectivity index (χ1) is 7.30. The quantitative estimate of drug-likeness (QED) is 0.517. The Labute approximate surface area is 87.7 Å². The van der Waals surface area contributed by atoms with Gasteiger partial charge >= 0.3 is 0 Å². The molecule has 0 aliphatic rings. The molecule has 1 rings (SSSR count). The largest absolute Gasteiger partial charge is 0.306 e. The maximum absolute atomic E-state index is 8.59. The van der Waals surface area contributed by atoms with Crippen LogP contribution in [0.2, 0.25) is 0 Å². The number of rotatable bonds is 4. The van der Waals surface area contributed by atoms with Crippen LogP contribution in [-0.2, 0) is 0 Å². The summed E-state index contributed by atoms with van der Waals surface area (Å²) in [4.78, 5) is 7.93. The minimum Gasteiger partial charge on any atom is -0.306 e. The van der Waals surface area contributed by atoms with Crippen LogP contribution in [0, 0.1) is 5.41 Å². The van der Waals surface area contributed by atoms with E-state index in [-0.39, 0.29) is 0 Å². The van der Waals surface area contributed by atoms with Crippen LogP contribution in [0.5, 0.6) is 0 Å². The molecule has 0 bridgehead atoms. The van der Waals surface area contributed by atoms with E-state index in [1.165, 1.54) is 6.21 Å². The molecule has 3 N–H and O–H groups in total. The summed E-state index contributed by atoms with van der Waals surface area (Å²) in [6, 6.07) is 6.87. The molecule has 78 valence electrons. The minimum atomic E-state index is 0.499. The fourth-order valence-corrected chi connectivity index (χ4v) is 0.922. The zero-order valence-electron chi connectivity index (χ0n) is 8.31. The zero-order valence-corrected chi connectivity index (χ0v) is 8.31. The lowest BCUT2D eigenvalue weighted by atomic mass is 10.3. The topological polar surface area (TPSA) is 80.8 Å². The lowest BCUT2D eigenvalue weighted by Crippen LogP contribution is -1.99. The first-order valence-corrected chi connectivity index (χ1v) is 4.31. The van der Waals surface area contributed by atoms with Gasteiger partial charge in [-0.1, -0.05) is 0 Å². The normalized spacial score (nSPS) is 11.7. The molecule has 0 fully saturated rings. The molecular formula is C10H12N4O. The monoisotopic (exact) mass is 204 g/mol. The van der Waals surface area contributed by atoms with E-state index >= 15 is 0 Å². The van der Waals surface area contributed by atoms with E-state index in [0.717, 1.165) is 11.9 Å². The van der Waals surface area contributed by atoms with Gasteiger partial charge < -0.3 is 5.41 Å². The number of nitrogens with one attached hydrogen (secondary N) is 2. The lowest BCUT2D eigenvalue weighted by Gasteiger charge is -1.97. The predicted octanol–water partition coefficient (Wildman–Crippen LogP) is 1.91. The van der Waals surface area contributed by atoms with Crippen LogP contribution in [0.25, 0.3) is 0 Å². The molecule has 5 heteroatoms. The highest BCUT2D eigenvalue weighted by molar-refractivity contribution is 6.55. The standard InChI is InChI=1S/C10H12N4O/c1-12-10(6-11)7-13-8-2-4-9(14-15)5-3-8/h2-7,11,14-15H,1H3. The number of hydrogen-bond acceptors (Lipinski definition) is 5. The Kier molecular flexibility index (Phi) is 4.18. The summed E-state index contributed by atoms with van der Waals surface area (Å²) >= 11 is 0. The molecule has 0 unspecified atom stereocenters. The lowest BCUT2D eigenvalue weighted by molar-refractivity contribution is 0.389. The molecule has 0 aliphatic carbocycles. The van der Waals surface area contributed by atoms with Crippen LogP contribution in [0.4, 0.5) is 11.4 Å². The zero-order chi connectivity index (χ0) is 11.1. The van der Waals surface area contributed by atoms with Crippen molar-refractivity contribution in [3.63, 3.8) is 0 Å². The maximum Gasteiger partial charge on any atom is 0.0929 e. The van der Waals surface area contributed by atoms with Crippen molar-refractivity contribution in [1.29, 1.82) is 5.41 Å². The summed E-state index contributed by atoms with van der Waals surface area (Å²) in [6.07, 6.45) is 2.64. The number of aliphatic imine (C=N–C) groups is 2. The Morgan fingerprint density at radius 3 is 2.53 bits per heavy atom.